The topological polar surface area (TPSA) is 125 Å². The first-order valence-electron chi connectivity index (χ1n) is 7.17. The summed E-state index contributed by atoms with van der Waals surface area (Å²) in [5.41, 5.74) is 5.55. The number of primary amides is 1. The van der Waals surface area contributed by atoms with Gasteiger partial charge in [-0.25, -0.2) is 4.68 Å². The number of hydrogen-bond acceptors (Lipinski definition) is 7. The summed E-state index contributed by atoms with van der Waals surface area (Å²) in [5, 5.41) is 14.1. The van der Waals surface area contributed by atoms with Crippen LogP contribution >= 0.6 is 11.8 Å². The van der Waals surface area contributed by atoms with Crippen LogP contribution in [0.1, 0.15) is 10.4 Å². The van der Waals surface area contributed by atoms with Gasteiger partial charge in [0, 0.05) is 7.05 Å². The molecule has 2 rings (SSSR count). The third kappa shape index (κ3) is 5.82. The Morgan fingerprint density at radius 1 is 1.36 bits per heavy atom. The van der Waals surface area contributed by atoms with E-state index in [0.717, 1.165) is 0 Å². The number of nitrogens with one attached hydrogen (secondary N) is 1. The van der Waals surface area contributed by atoms with Crippen molar-refractivity contribution in [2.45, 2.75) is 5.16 Å². The average molecular weight is 360 g/mol. The lowest BCUT2D eigenvalue weighted by Crippen LogP contribution is -2.25. The summed E-state index contributed by atoms with van der Waals surface area (Å²) in [5.74, 6) is 5.34. The van der Waals surface area contributed by atoms with Crippen molar-refractivity contribution in [3.05, 3.63) is 29.8 Å². The molecule has 0 radical (unpaired) electrons. The number of aromatic nitrogens is 4. The fourth-order valence-corrected chi connectivity index (χ4v) is 2.37. The van der Waals surface area contributed by atoms with E-state index in [1.807, 2.05) is 0 Å². The Morgan fingerprint density at radius 2 is 2.16 bits per heavy atom. The van der Waals surface area contributed by atoms with Gasteiger partial charge in [0.15, 0.2) is 0 Å². The highest BCUT2D eigenvalue weighted by atomic mass is 32.2. The number of para-hydroxylation sites is 1. The van der Waals surface area contributed by atoms with Gasteiger partial charge in [0.25, 0.3) is 5.91 Å². The Kier molecular flexibility index (Phi) is 6.79. The molecular formula is C15H16N6O3S. The van der Waals surface area contributed by atoms with Gasteiger partial charge in [0.2, 0.25) is 11.1 Å². The van der Waals surface area contributed by atoms with Crippen molar-refractivity contribution in [3.63, 3.8) is 0 Å². The molecule has 3 N–H and O–H groups in total. The molecule has 1 aromatic carbocycles. The van der Waals surface area contributed by atoms with Gasteiger partial charge in [-0.2, -0.15) is 0 Å². The van der Waals surface area contributed by atoms with Gasteiger partial charge in [0.1, 0.15) is 12.4 Å². The summed E-state index contributed by atoms with van der Waals surface area (Å²) in [6, 6.07) is 6.65. The fourth-order valence-electron chi connectivity index (χ4n) is 1.69. The predicted molar refractivity (Wildman–Crippen MR) is 90.8 cm³/mol. The maximum Gasteiger partial charge on any atom is 0.252 e. The molecule has 0 bridgehead atoms. The zero-order valence-electron chi connectivity index (χ0n) is 13.4. The van der Waals surface area contributed by atoms with Crippen LogP contribution < -0.4 is 15.8 Å². The molecule has 0 aliphatic rings. The van der Waals surface area contributed by atoms with Crippen LogP contribution in [0.2, 0.25) is 0 Å². The van der Waals surface area contributed by atoms with Crippen LogP contribution in [0.15, 0.2) is 29.4 Å². The van der Waals surface area contributed by atoms with Gasteiger partial charge in [-0.1, -0.05) is 35.7 Å². The van der Waals surface area contributed by atoms with Gasteiger partial charge < -0.3 is 15.8 Å². The number of carbonyl (C=O) groups excluding carboxylic acids is 2. The molecule has 0 aliphatic carbocycles. The number of carbonyl (C=O) groups is 2. The summed E-state index contributed by atoms with van der Waals surface area (Å²) < 4.78 is 6.88. The Balaban J connectivity index is 1.68. The molecule has 1 aromatic heterocycles. The number of nitrogens with two attached hydrogens (primary N) is 1. The Morgan fingerprint density at radius 3 is 2.88 bits per heavy atom. The SMILES string of the molecule is Cn1nnnc1SCC(=O)NCC#CCOc1ccccc1C(N)=O. The van der Waals surface area contributed by atoms with Crippen molar-refractivity contribution in [2.24, 2.45) is 12.8 Å². The number of benzene rings is 1. The molecule has 0 fully saturated rings. The molecule has 2 aromatic rings. The van der Waals surface area contributed by atoms with Gasteiger partial charge in [-0.05, 0) is 22.6 Å². The molecule has 10 heteroatoms. The number of tetrazole rings is 1. The zero-order valence-corrected chi connectivity index (χ0v) is 14.2. The van der Waals surface area contributed by atoms with E-state index in [9.17, 15) is 9.59 Å². The number of nitrogens with zero attached hydrogens (tertiary/aromatic N) is 4. The third-order valence-corrected chi connectivity index (χ3v) is 3.88. The number of aryl methyl sites for hydroxylation is 1. The van der Waals surface area contributed by atoms with E-state index in [1.165, 1.54) is 16.4 Å². The number of ether oxygens (including phenoxy) is 1. The highest BCUT2D eigenvalue weighted by molar-refractivity contribution is 7.99. The lowest BCUT2D eigenvalue weighted by molar-refractivity contribution is -0.118. The van der Waals surface area contributed by atoms with Crippen LogP contribution in [-0.2, 0) is 11.8 Å². The molecule has 2 amide bonds. The molecule has 1 heterocycles. The first-order chi connectivity index (χ1) is 12.1. The smallest absolute Gasteiger partial charge is 0.252 e. The van der Waals surface area contributed by atoms with Crippen molar-refractivity contribution in [2.75, 3.05) is 18.9 Å². The average Bonchev–Trinajstić information content (AvgIpc) is 3.01. The van der Waals surface area contributed by atoms with E-state index >= 15 is 0 Å². The zero-order chi connectivity index (χ0) is 18.1. The Bertz CT molecular complexity index is 811. The van der Waals surface area contributed by atoms with E-state index in [2.05, 4.69) is 32.7 Å². The van der Waals surface area contributed by atoms with Gasteiger partial charge in [-0.15, -0.1) is 5.10 Å². The maximum absolute atomic E-state index is 11.7. The molecule has 0 saturated heterocycles. The summed E-state index contributed by atoms with van der Waals surface area (Å²) >= 11 is 1.23. The molecule has 25 heavy (non-hydrogen) atoms. The molecule has 0 atom stereocenters. The molecule has 9 nitrogen and oxygen atoms in total. The van der Waals surface area contributed by atoms with Crippen molar-refractivity contribution in [3.8, 4) is 17.6 Å². The van der Waals surface area contributed by atoms with Crippen LogP contribution in [-0.4, -0.2) is 50.9 Å². The van der Waals surface area contributed by atoms with Crippen molar-refractivity contribution >= 4 is 23.6 Å². The summed E-state index contributed by atoms with van der Waals surface area (Å²) in [6.07, 6.45) is 0. The lowest BCUT2D eigenvalue weighted by Gasteiger charge is -2.05. The quantitative estimate of drug-likeness (QED) is 0.508. The van der Waals surface area contributed by atoms with Crippen molar-refractivity contribution < 1.29 is 14.3 Å². The fraction of sp³-hybridized carbons (Fsp3) is 0.267. The second-order valence-corrected chi connectivity index (χ2v) is 5.60. The molecular weight excluding hydrogens is 344 g/mol. The Hall–Kier alpha value is -3.06. The van der Waals surface area contributed by atoms with Crippen LogP contribution in [0, 0.1) is 11.8 Å². The molecule has 0 aliphatic heterocycles. The third-order valence-electron chi connectivity index (χ3n) is 2.86. The minimum Gasteiger partial charge on any atom is -0.480 e. The highest BCUT2D eigenvalue weighted by Gasteiger charge is 2.07. The number of thioether (sulfide) groups is 1. The molecule has 0 spiro atoms. The highest BCUT2D eigenvalue weighted by Crippen LogP contribution is 2.16. The second-order valence-electron chi connectivity index (χ2n) is 4.65. The predicted octanol–water partition coefficient (Wildman–Crippen LogP) is -0.400. The number of rotatable bonds is 7. The molecule has 0 unspecified atom stereocenters. The minimum absolute atomic E-state index is 0.0829. The van der Waals surface area contributed by atoms with Crippen molar-refractivity contribution in [1.82, 2.24) is 25.5 Å². The number of hydrogen-bond donors (Lipinski definition) is 2. The standard InChI is InChI=1S/C15H16N6O3S/c1-21-15(18-19-20-21)25-10-13(22)17-8-4-5-9-24-12-7-3-2-6-11(12)14(16)23/h2-3,6-7H,8-10H2,1H3,(H2,16,23)(H,17,22). The summed E-state index contributed by atoms with van der Waals surface area (Å²) in [4.78, 5) is 22.9. The maximum atomic E-state index is 11.7. The summed E-state index contributed by atoms with van der Waals surface area (Å²) in [6.45, 7) is 0.275. The van der Waals surface area contributed by atoms with E-state index in [-0.39, 0.29) is 24.8 Å². The normalized spacial score (nSPS) is 9.80. The second kappa shape index (κ2) is 9.29. The van der Waals surface area contributed by atoms with Gasteiger partial charge >= 0.3 is 0 Å². The van der Waals surface area contributed by atoms with Crippen LogP contribution in [0.4, 0.5) is 0 Å². The van der Waals surface area contributed by atoms with Gasteiger partial charge in [-0.3, -0.25) is 9.59 Å². The minimum atomic E-state index is -0.563. The van der Waals surface area contributed by atoms with Gasteiger partial charge in [0.05, 0.1) is 17.9 Å². The Labute approximate surface area is 148 Å². The van der Waals surface area contributed by atoms with Crippen LogP contribution in [0.25, 0.3) is 0 Å². The number of amides is 2. The lowest BCUT2D eigenvalue weighted by atomic mass is 10.2. The monoisotopic (exact) mass is 360 g/mol. The van der Waals surface area contributed by atoms with E-state index in [0.29, 0.717) is 16.5 Å². The van der Waals surface area contributed by atoms with Crippen LogP contribution in [0.5, 0.6) is 5.75 Å². The first kappa shape index (κ1) is 18.3. The van der Waals surface area contributed by atoms with E-state index < -0.39 is 5.91 Å². The first-order valence-corrected chi connectivity index (χ1v) is 8.15. The summed E-state index contributed by atoms with van der Waals surface area (Å²) in [7, 11) is 1.70. The van der Waals surface area contributed by atoms with E-state index in [4.69, 9.17) is 10.5 Å². The van der Waals surface area contributed by atoms with Crippen molar-refractivity contribution in [1.29, 1.82) is 0 Å². The molecule has 130 valence electrons. The largest absolute Gasteiger partial charge is 0.480 e. The van der Waals surface area contributed by atoms with Crippen LogP contribution in [0.3, 0.4) is 0 Å². The van der Waals surface area contributed by atoms with E-state index in [1.54, 1.807) is 31.3 Å². The molecule has 0 saturated carbocycles.